The van der Waals surface area contributed by atoms with Gasteiger partial charge in [-0.1, -0.05) is 12.1 Å². The van der Waals surface area contributed by atoms with Gasteiger partial charge in [0.1, 0.15) is 29.8 Å². The molecule has 10 nitrogen and oxygen atoms in total. The Bertz CT molecular complexity index is 1410. The number of carbonyl (C=O) groups is 1. The summed E-state index contributed by atoms with van der Waals surface area (Å²) in [4.78, 5) is 29.4. The monoisotopic (exact) mass is 529 g/mol. The number of nitrogen functional groups attached to an aromatic ring is 1. The van der Waals surface area contributed by atoms with E-state index in [0.717, 1.165) is 24.0 Å². The van der Waals surface area contributed by atoms with Crippen molar-refractivity contribution in [2.45, 2.75) is 51.7 Å². The van der Waals surface area contributed by atoms with Gasteiger partial charge in [-0.3, -0.25) is 10.1 Å². The van der Waals surface area contributed by atoms with Crippen LogP contribution < -0.4 is 10.5 Å². The zero-order valence-electron chi connectivity index (χ0n) is 22.2. The Morgan fingerprint density at radius 3 is 2.62 bits per heavy atom. The number of aromatic nitrogens is 1. The highest BCUT2D eigenvalue weighted by molar-refractivity contribution is 5.72. The zero-order valence-corrected chi connectivity index (χ0v) is 22.2. The number of piperidine rings is 1. The van der Waals surface area contributed by atoms with Crippen molar-refractivity contribution < 1.29 is 19.2 Å². The number of nitro groups is 1. The molecule has 3 aromatic rings. The van der Waals surface area contributed by atoms with Gasteiger partial charge in [-0.2, -0.15) is 5.26 Å². The molecule has 0 saturated carbocycles. The first-order valence-electron chi connectivity index (χ1n) is 12.7. The summed E-state index contributed by atoms with van der Waals surface area (Å²) < 4.78 is 11.6. The molecule has 10 heteroatoms. The average molecular weight is 530 g/mol. The highest BCUT2D eigenvalue weighted by atomic mass is 16.6. The van der Waals surface area contributed by atoms with Crippen molar-refractivity contribution in [2.24, 2.45) is 0 Å². The van der Waals surface area contributed by atoms with Crippen LogP contribution in [0, 0.1) is 21.4 Å². The van der Waals surface area contributed by atoms with Crippen LogP contribution in [0.15, 0.2) is 54.6 Å². The van der Waals surface area contributed by atoms with Crippen LogP contribution in [0.4, 0.5) is 16.3 Å². The van der Waals surface area contributed by atoms with Crippen molar-refractivity contribution in [3.05, 3.63) is 81.4 Å². The number of pyridine rings is 1. The fourth-order valence-corrected chi connectivity index (χ4v) is 4.57. The number of anilines is 1. The van der Waals surface area contributed by atoms with Crippen LogP contribution in [-0.4, -0.2) is 39.6 Å². The highest BCUT2D eigenvalue weighted by Crippen LogP contribution is 2.37. The summed E-state index contributed by atoms with van der Waals surface area (Å²) in [6.45, 7) is 6.68. The Morgan fingerprint density at radius 2 is 1.95 bits per heavy atom. The standard InChI is InChI=1S/C29H31N5O5/c1-29(2,3)39-28(35)33-14-6-7-20(17-33)23-15-25(32-27(31)24(23)16-30)22-8-4-5-9-26(22)38-18-19-10-12-21(13-11-19)34(36)37/h4-5,8-13,15,20H,6-7,14,17-18H2,1-3H3,(H2,31,32). The molecule has 1 saturated heterocycles. The van der Waals surface area contributed by atoms with Crippen LogP contribution >= 0.6 is 0 Å². The van der Waals surface area contributed by atoms with Gasteiger partial charge in [0.15, 0.2) is 0 Å². The molecule has 1 aromatic heterocycles. The third kappa shape index (κ3) is 6.62. The molecule has 0 aliphatic carbocycles. The molecule has 1 fully saturated rings. The number of para-hydroxylation sites is 1. The Kier molecular flexibility index (Phi) is 8.00. The molecule has 1 unspecified atom stereocenters. The molecule has 2 heterocycles. The van der Waals surface area contributed by atoms with Gasteiger partial charge in [-0.25, -0.2) is 9.78 Å². The Hall–Kier alpha value is -4.65. The molecule has 1 aliphatic rings. The summed E-state index contributed by atoms with van der Waals surface area (Å²) in [6, 6.07) is 17.6. The number of nitro benzene ring substituents is 1. The molecule has 2 aromatic carbocycles. The molecule has 0 spiro atoms. The van der Waals surface area contributed by atoms with Crippen molar-refractivity contribution in [1.29, 1.82) is 5.26 Å². The van der Waals surface area contributed by atoms with Gasteiger partial charge in [-0.05, 0) is 75.1 Å². The minimum Gasteiger partial charge on any atom is -0.488 e. The molecule has 0 radical (unpaired) electrons. The van der Waals surface area contributed by atoms with E-state index in [1.165, 1.54) is 12.1 Å². The third-order valence-corrected chi connectivity index (χ3v) is 6.41. The molecule has 0 bridgehead atoms. The number of non-ortho nitro benzene ring substituents is 1. The molecule has 202 valence electrons. The minimum atomic E-state index is -0.603. The molecule has 2 N–H and O–H groups in total. The number of nitriles is 1. The van der Waals surface area contributed by atoms with Gasteiger partial charge in [-0.15, -0.1) is 0 Å². The van der Waals surface area contributed by atoms with E-state index >= 15 is 0 Å². The molecule has 39 heavy (non-hydrogen) atoms. The normalized spacial score (nSPS) is 15.3. The number of hydrogen-bond donors (Lipinski definition) is 1. The first-order valence-corrected chi connectivity index (χ1v) is 12.7. The Morgan fingerprint density at radius 1 is 1.23 bits per heavy atom. The number of carbonyl (C=O) groups excluding carboxylic acids is 1. The van der Waals surface area contributed by atoms with E-state index in [0.29, 0.717) is 35.7 Å². The number of amides is 1. The number of ether oxygens (including phenoxy) is 2. The first kappa shape index (κ1) is 27.4. The topological polar surface area (TPSA) is 145 Å². The lowest BCUT2D eigenvalue weighted by Gasteiger charge is -2.34. The van der Waals surface area contributed by atoms with Gasteiger partial charge in [0, 0.05) is 36.7 Å². The summed E-state index contributed by atoms with van der Waals surface area (Å²) in [5.41, 5.74) is 8.73. The Labute approximate surface area is 227 Å². The van der Waals surface area contributed by atoms with Crippen LogP contribution in [0.3, 0.4) is 0 Å². The van der Waals surface area contributed by atoms with Gasteiger partial charge in [0.2, 0.25) is 0 Å². The quantitative estimate of drug-likeness (QED) is 0.311. The lowest BCUT2D eigenvalue weighted by Crippen LogP contribution is -2.42. The van der Waals surface area contributed by atoms with Crippen molar-refractivity contribution in [3.8, 4) is 23.1 Å². The van der Waals surface area contributed by atoms with E-state index in [-0.39, 0.29) is 30.1 Å². The third-order valence-electron chi connectivity index (χ3n) is 6.41. The number of likely N-dealkylation sites (tertiary alicyclic amines) is 1. The minimum absolute atomic E-state index is 0.0110. The summed E-state index contributed by atoms with van der Waals surface area (Å²) in [7, 11) is 0. The summed E-state index contributed by atoms with van der Waals surface area (Å²) in [5, 5.41) is 20.8. The number of nitrogens with zero attached hydrogens (tertiary/aromatic N) is 4. The number of nitrogens with two attached hydrogens (primary N) is 1. The van der Waals surface area contributed by atoms with E-state index in [4.69, 9.17) is 15.2 Å². The smallest absolute Gasteiger partial charge is 0.410 e. The van der Waals surface area contributed by atoms with E-state index in [1.807, 2.05) is 45.0 Å². The van der Waals surface area contributed by atoms with E-state index < -0.39 is 10.5 Å². The van der Waals surface area contributed by atoms with Crippen LogP contribution in [0.1, 0.15) is 56.2 Å². The second-order valence-corrected chi connectivity index (χ2v) is 10.4. The summed E-state index contributed by atoms with van der Waals surface area (Å²) >= 11 is 0. The van der Waals surface area contributed by atoms with E-state index in [2.05, 4.69) is 11.1 Å². The van der Waals surface area contributed by atoms with Gasteiger partial charge >= 0.3 is 6.09 Å². The van der Waals surface area contributed by atoms with Crippen LogP contribution in [0.5, 0.6) is 5.75 Å². The fraction of sp³-hybridized carbons (Fsp3) is 0.345. The second kappa shape index (κ2) is 11.4. The Balaban J connectivity index is 1.61. The van der Waals surface area contributed by atoms with Crippen LogP contribution in [-0.2, 0) is 11.3 Å². The first-order chi connectivity index (χ1) is 18.6. The maximum Gasteiger partial charge on any atom is 0.410 e. The second-order valence-electron chi connectivity index (χ2n) is 10.4. The lowest BCUT2D eigenvalue weighted by molar-refractivity contribution is -0.384. The van der Waals surface area contributed by atoms with Gasteiger partial charge < -0.3 is 20.1 Å². The van der Waals surface area contributed by atoms with E-state index in [9.17, 15) is 20.2 Å². The SMILES string of the molecule is CC(C)(C)OC(=O)N1CCCC(c2cc(-c3ccccc3OCc3ccc([N+](=O)[O-])cc3)nc(N)c2C#N)C1. The maximum atomic E-state index is 12.7. The predicted molar refractivity (Wildman–Crippen MR) is 146 cm³/mol. The molecule has 1 amide bonds. The molecule has 4 rings (SSSR count). The lowest BCUT2D eigenvalue weighted by atomic mass is 9.87. The maximum absolute atomic E-state index is 12.7. The molecule has 1 atom stereocenters. The van der Waals surface area contributed by atoms with Crippen molar-refractivity contribution >= 4 is 17.6 Å². The van der Waals surface area contributed by atoms with Gasteiger partial charge in [0.05, 0.1) is 16.2 Å². The molecule has 1 aliphatic heterocycles. The highest BCUT2D eigenvalue weighted by Gasteiger charge is 2.30. The van der Waals surface area contributed by atoms with Crippen molar-refractivity contribution in [2.75, 3.05) is 18.8 Å². The van der Waals surface area contributed by atoms with Crippen LogP contribution in [0.2, 0.25) is 0 Å². The van der Waals surface area contributed by atoms with Crippen molar-refractivity contribution in [3.63, 3.8) is 0 Å². The van der Waals surface area contributed by atoms with Crippen molar-refractivity contribution in [1.82, 2.24) is 9.88 Å². The summed E-state index contributed by atoms with van der Waals surface area (Å²) in [5.74, 6) is 0.556. The average Bonchev–Trinajstić information content (AvgIpc) is 2.91. The fourth-order valence-electron chi connectivity index (χ4n) is 4.57. The zero-order chi connectivity index (χ0) is 28.2. The van der Waals surface area contributed by atoms with Gasteiger partial charge in [0.25, 0.3) is 5.69 Å². The summed E-state index contributed by atoms with van der Waals surface area (Å²) in [6.07, 6.45) is 1.18. The predicted octanol–water partition coefficient (Wildman–Crippen LogP) is 5.80. The number of benzene rings is 2. The van der Waals surface area contributed by atoms with Crippen LogP contribution in [0.25, 0.3) is 11.3 Å². The number of hydrogen-bond acceptors (Lipinski definition) is 8. The molecular weight excluding hydrogens is 498 g/mol. The number of rotatable bonds is 6. The molecular formula is C29H31N5O5. The largest absolute Gasteiger partial charge is 0.488 e. The van der Waals surface area contributed by atoms with E-state index in [1.54, 1.807) is 23.1 Å².